The molecule has 16 heavy (non-hydrogen) atoms. The monoisotopic (exact) mass is 218 g/mol. The number of nitrogens with zero attached hydrogens (tertiary/aromatic N) is 1. The van der Waals surface area contributed by atoms with Crippen LogP contribution in [-0.2, 0) is 4.79 Å². The van der Waals surface area contributed by atoms with E-state index in [1.807, 2.05) is 19.9 Å². The summed E-state index contributed by atoms with van der Waals surface area (Å²) in [6, 6.07) is 5.41. The molecule has 0 radical (unpaired) electrons. The number of carbonyl (C=O) groups excluding carboxylic acids is 1. The Balaban J connectivity index is 2.11. The van der Waals surface area contributed by atoms with Crippen LogP contribution in [0.3, 0.4) is 0 Å². The fraction of sp³-hybridized carbons (Fsp3) is 0.333. The van der Waals surface area contributed by atoms with Gasteiger partial charge in [-0.3, -0.25) is 4.79 Å². The Kier molecular flexibility index (Phi) is 2.90. The lowest BCUT2D eigenvalue weighted by Gasteiger charge is -2.06. The lowest BCUT2D eigenvalue weighted by molar-refractivity contribution is -0.116. The maximum Gasteiger partial charge on any atom is 0.224 e. The van der Waals surface area contributed by atoms with Crippen LogP contribution in [0.15, 0.2) is 29.0 Å². The molecule has 0 saturated carbocycles. The Morgan fingerprint density at radius 2 is 2.31 bits per heavy atom. The van der Waals surface area contributed by atoms with Gasteiger partial charge in [0.1, 0.15) is 5.52 Å². The average molecular weight is 218 g/mol. The topological polar surface area (TPSA) is 55.1 Å². The van der Waals surface area contributed by atoms with E-state index in [9.17, 15) is 4.79 Å². The van der Waals surface area contributed by atoms with Gasteiger partial charge in [0.15, 0.2) is 12.0 Å². The zero-order chi connectivity index (χ0) is 11.5. The number of fused-ring (bicyclic) bond motifs is 1. The number of amides is 1. The molecule has 0 aliphatic rings. The molecule has 84 valence electrons. The number of hydrogen-bond donors (Lipinski definition) is 1. The lowest BCUT2D eigenvalue weighted by atomic mass is 10.1. The number of benzene rings is 1. The predicted octanol–water partition coefficient (Wildman–Crippen LogP) is 2.81. The van der Waals surface area contributed by atoms with E-state index in [1.165, 1.54) is 6.39 Å². The van der Waals surface area contributed by atoms with Crippen molar-refractivity contribution in [2.24, 2.45) is 5.92 Å². The van der Waals surface area contributed by atoms with Crippen LogP contribution < -0.4 is 5.32 Å². The van der Waals surface area contributed by atoms with Gasteiger partial charge in [-0.05, 0) is 24.1 Å². The highest BCUT2D eigenvalue weighted by Gasteiger charge is 2.06. The maximum absolute atomic E-state index is 11.5. The summed E-state index contributed by atoms with van der Waals surface area (Å²) in [4.78, 5) is 15.6. The van der Waals surface area contributed by atoms with Gasteiger partial charge in [0.05, 0.1) is 0 Å². The number of carbonyl (C=O) groups is 1. The third-order valence-corrected chi connectivity index (χ3v) is 2.21. The Hall–Kier alpha value is -1.84. The summed E-state index contributed by atoms with van der Waals surface area (Å²) >= 11 is 0. The van der Waals surface area contributed by atoms with E-state index in [1.54, 1.807) is 12.1 Å². The summed E-state index contributed by atoms with van der Waals surface area (Å²) in [6.07, 6.45) is 1.92. The van der Waals surface area contributed by atoms with E-state index < -0.39 is 0 Å². The summed E-state index contributed by atoms with van der Waals surface area (Å²) in [6.45, 7) is 4.03. The third kappa shape index (κ3) is 2.39. The molecule has 0 aliphatic heterocycles. The Labute approximate surface area is 93.7 Å². The number of aromatic nitrogens is 1. The Morgan fingerprint density at radius 1 is 1.50 bits per heavy atom. The molecule has 0 atom stereocenters. The first kappa shape index (κ1) is 10.7. The van der Waals surface area contributed by atoms with E-state index in [0.717, 1.165) is 16.8 Å². The molecular formula is C12H14N2O2. The van der Waals surface area contributed by atoms with Gasteiger partial charge in [0.25, 0.3) is 0 Å². The third-order valence-electron chi connectivity index (χ3n) is 2.21. The summed E-state index contributed by atoms with van der Waals surface area (Å²) in [5.41, 5.74) is 2.23. The van der Waals surface area contributed by atoms with E-state index >= 15 is 0 Å². The lowest BCUT2D eigenvalue weighted by Crippen LogP contribution is -2.13. The van der Waals surface area contributed by atoms with Crippen molar-refractivity contribution in [2.45, 2.75) is 20.3 Å². The average Bonchev–Trinajstić information content (AvgIpc) is 2.63. The first-order valence-corrected chi connectivity index (χ1v) is 5.28. The predicted molar refractivity (Wildman–Crippen MR) is 62.1 cm³/mol. The van der Waals surface area contributed by atoms with Crippen LogP contribution in [0.4, 0.5) is 5.69 Å². The van der Waals surface area contributed by atoms with Gasteiger partial charge >= 0.3 is 0 Å². The van der Waals surface area contributed by atoms with Crippen LogP contribution >= 0.6 is 0 Å². The van der Waals surface area contributed by atoms with E-state index in [-0.39, 0.29) is 5.91 Å². The summed E-state index contributed by atoms with van der Waals surface area (Å²) in [5.74, 6) is 0.383. The van der Waals surface area contributed by atoms with Crippen molar-refractivity contribution >= 4 is 22.7 Å². The van der Waals surface area contributed by atoms with Crippen molar-refractivity contribution in [2.75, 3.05) is 5.32 Å². The molecule has 1 heterocycles. The molecule has 1 amide bonds. The van der Waals surface area contributed by atoms with Gasteiger partial charge < -0.3 is 9.73 Å². The molecule has 0 saturated heterocycles. The number of oxazole rings is 1. The molecule has 4 nitrogen and oxygen atoms in total. The first-order valence-electron chi connectivity index (χ1n) is 5.28. The maximum atomic E-state index is 11.5. The van der Waals surface area contributed by atoms with Crippen LogP contribution in [0.5, 0.6) is 0 Å². The van der Waals surface area contributed by atoms with Gasteiger partial charge in [-0.1, -0.05) is 13.8 Å². The molecule has 0 spiro atoms. The Bertz CT molecular complexity index is 502. The van der Waals surface area contributed by atoms with Crippen LogP contribution in [0.2, 0.25) is 0 Å². The van der Waals surface area contributed by atoms with E-state index in [0.29, 0.717) is 12.3 Å². The van der Waals surface area contributed by atoms with Crippen LogP contribution in [0, 0.1) is 5.92 Å². The number of hydrogen-bond acceptors (Lipinski definition) is 3. The molecule has 2 aromatic rings. The molecule has 0 unspecified atom stereocenters. The SMILES string of the molecule is CC(C)CC(=O)Nc1ccc2ocnc2c1. The normalized spacial score (nSPS) is 10.9. The summed E-state index contributed by atoms with van der Waals surface area (Å²) < 4.78 is 5.12. The molecule has 1 aromatic heterocycles. The van der Waals surface area contributed by atoms with Crippen molar-refractivity contribution in [1.29, 1.82) is 0 Å². The smallest absolute Gasteiger partial charge is 0.224 e. The van der Waals surface area contributed by atoms with Crippen LogP contribution in [-0.4, -0.2) is 10.9 Å². The molecule has 1 N–H and O–H groups in total. The quantitative estimate of drug-likeness (QED) is 0.861. The van der Waals surface area contributed by atoms with Gasteiger partial charge in [-0.25, -0.2) is 4.98 Å². The first-order chi connectivity index (χ1) is 7.65. The molecule has 2 rings (SSSR count). The van der Waals surface area contributed by atoms with Crippen LogP contribution in [0.25, 0.3) is 11.1 Å². The molecular weight excluding hydrogens is 204 g/mol. The highest BCUT2D eigenvalue weighted by molar-refractivity contribution is 5.92. The van der Waals surface area contributed by atoms with Gasteiger partial charge in [-0.15, -0.1) is 0 Å². The minimum Gasteiger partial charge on any atom is -0.443 e. The van der Waals surface area contributed by atoms with Crippen LogP contribution in [0.1, 0.15) is 20.3 Å². The molecule has 0 bridgehead atoms. The van der Waals surface area contributed by atoms with Crippen molar-refractivity contribution in [3.05, 3.63) is 24.6 Å². The van der Waals surface area contributed by atoms with Crippen molar-refractivity contribution in [3.8, 4) is 0 Å². The highest BCUT2D eigenvalue weighted by Crippen LogP contribution is 2.18. The van der Waals surface area contributed by atoms with E-state index in [4.69, 9.17) is 4.42 Å². The molecule has 0 aliphatic carbocycles. The summed E-state index contributed by atoms with van der Waals surface area (Å²) in [7, 11) is 0. The number of anilines is 1. The molecule has 1 aromatic carbocycles. The minimum atomic E-state index is 0.0258. The second kappa shape index (κ2) is 4.35. The minimum absolute atomic E-state index is 0.0258. The second-order valence-corrected chi connectivity index (χ2v) is 4.18. The summed E-state index contributed by atoms with van der Waals surface area (Å²) in [5, 5.41) is 2.83. The molecule has 0 fully saturated rings. The Morgan fingerprint density at radius 3 is 3.06 bits per heavy atom. The second-order valence-electron chi connectivity index (χ2n) is 4.18. The standard InChI is InChI=1S/C12H14N2O2/c1-8(2)5-12(15)14-9-3-4-11-10(6-9)13-7-16-11/h3-4,6-8H,5H2,1-2H3,(H,14,15). The largest absolute Gasteiger partial charge is 0.443 e. The number of nitrogens with one attached hydrogen (secondary N) is 1. The fourth-order valence-corrected chi connectivity index (χ4v) is 1.52. The van der Waals surface area contributed by atoms with Crippen molar-refractivity contribution in [3.63, 3.8) is 0 Å². The van der Waals surface area contributed by atoms with Crippen molar-refractivity contribution in [1.82, 2.24) is 4.98 Å². The van der Waals surface area contributed by atoms with E-state index in [2.05, 4.69) is 10.3 Å². The zero-order valence-electron chi connectivity index (χ0n) is 9.36. The fourth-order valence-electron chi connectivity index (χ4n) is 1.52. The van der Waals surface area contributed by atoms with Gasteiger partial charge in [0.2, 0.25) is 5.91 Å². The zero-order valence-corrected chi connectivity index (χ0v) is 9.36. The van der Waals surface area contributed by atoms with Crippen molar-refractivity contribution < 1.29 is 9.21 Å². The molecule has 4 heteroatoms. The highest BCUT2D eigenvalue weighted by atomic mass is 16.3. The van der Waals surface area contributed by atoms with Gasteiger partial charge in [0, 0.05) is 12.1 Å². The van der Waals surface area contributed by atoms with Gasteiger partial charge in [-0.2, -0.15) is 0 Å². The number of rotatable bonds is 3.